The van der Waals surface area contributed by atoms with Gasteiger partial charge in [-0.1, -0.05) is 61.0 Å². The third kappa shape index (κ3) is 8.12. The van der Waals surface area contributed by atoms with Crippen LogP contribution in [0, 0.1) is 0 Å². The number of amides is 2. The van der Waals surface area contributed by atoms with E-state index in [1.807, 2.05) is 35.2 Å². The molecule has 0 radical (unpaired) electrons. The van der Waals surface area contributed by atoms with E-state index in [9.17, 15) is 9.59 Å². The maximum absolute atomic E-state index is 12.8. The number of rotatable bonds is 12. The highest BCUT2D eigenvalue weighted by Gasteiger charge is 2.28. The molecular weight excluding hydrogens is 448 g/mol. The Morgan fingerprint density at radius 3 is 2.26 bits per heavy atom. The highest BCUT2D eigenvalue weighted by atomic mass is 35.5. The van der Waals surface area contributed by atoms with Crippen molar-refractivity contribution in [3.63, 3.8) is 0 Å². The average molecular weight is 485 g/mol. The van der Waals surface area contributed by atoms with Gasteiger partial charge < -0.3 is 15.5 Å². The number of carbonyl (C=O) groups excluding carboxylic acids is 2. The van der Waals surface area contributed by atoms with Gasteiger partial charge in [-0.3, -0.25) is 14.5 Å². The molecule has 1 fully saturated rings. The molecule has 0 aliphatic carbocycles. The number of piperazine rings is 1. The number of hydrogen-bond acceptors (Lipinski definition) is 4. The van der Waals surface area contributed by atoms with E-state index < -0.39 is 0 Å². The number of halogens is 1. The van der Waals surface area contributed by atoms with Crippen LogP contribution in [-0.2, 0) is 16.0 Å². The van der Waals surface area contributed by atoms with Crippen molar-refractivity contribution < 1.29 is 9.59 Å². The Labute approximate surface area is 208 Å². The van der Waals surface area contributed by atoms with Gasteiger partial charge in [-0.15, -0.1) is 0 Å². The highest BCUT2D eigenvalue weighted by Crippen LogP contribution is 2.24. The van der Waals surface area contributed by atoms with E-state index in [-0.39, 0.29) is 17.9 Å². The normalized spacial score (nSPS) is 15.4. The van der Waals surface area contributed by atoms with E-state index in [1.165, 1.54) is 5.56 Å². The molecule has 1 atom stereocenters. The molecule has 1 heterocycles. The third-order valence-electron chi connectivity index (χ3n) is 6.48. The third-order valence-corrected chi connectivity index (χ3v) is 6.73. The topological polar surface area (TPSA) is 69.9 Å². The molecule has 34 heavy (non-hydrogen) atoms. The molecule has 1 unspecified atom stereocenters. The largest absolute Gasteiger partial charge is 0.370 e. The van der Waals surface area contributed by atoms with E-state index in [0.717, 1.165) is 57.7 Å². The second-order valence-corrected chi connectivity index (χ2v) is 9.42. The molecule has 1 aliphatic heterocycles. The molecule has 0 saturated carbocycles. The second kappa shape index (κ2) is 13.5. The van der Waals surface area contributed by atoms with Crippen LogP contribution in [0.15, 0.2) is 54.6 Å². The minimum atomic E-state index is -0.261. The lowest BCUT2D eigenvalue weighted by atomic mass is 10.0. The maximum atomic E-state index is 12.8. The quantitative estimate of drug-likeness (QED) is 0.498. The first-order valence-electron chi connectivity index (χ1n) is 12.3. The van der Waals surface area contributed by atoms with Gasteiger partial charge in [0.25, 0.3) is 0 Å². The Morgan fingerprint density at radius 2 is 1.65 bits per heavy atom. The van der Waals surface area contributed by atoms with Crippen molar-refractivity contribution in [3.8, 4) is 0 Å². The number of carbonyl (C=O) groups is 2. The van der Waals surface area contributed by atoms with Gasteiger partial charge >= 0.3 is 0 Å². The molecule has 2 N–H and O–H groups in total. The Bertz CT molecular complexity index is 899. The maximum Gasteiger partial charge on any atom is 0.222 e. The predicted molar refractivity (Wildman–Crippen MR) is 138 cm³/mol. The molecule has 0 bridgehead atoms. The highest BCUT2D eigenvalue weighted by molar-refractivity contribution is 6.30. The number of nitrogens with two attached hydrogens (primary N) is 1. The van der Waals surface area contributed by atoms with E-state index >= 15 is 0 Å². The Balaban J connectivity index is 1.59. The van der Waals surface area contributed by atoms with Gasteiger partial charge in [0, 0.05) is 63.2 Å². The van der Waals surface area contributed by atoms with E-state index in [4.69, 9.17) is 17.3 Å². The standard InChI is InChI=1S/C27H37ClN4O2/c1-2-15-30(16-14-26(29)33)21-25(23-6-4-3-5-7-23)31-17-19-32(20-18-31)27(34)13-10-22-8-11-24(28)12-9-22/h3-9,11-12,25H,2,10,13-21H2,1H3,(H2,29,33). The van der Waals surface area contributed by atoms with Crippen LogP contribution >= 0.6 is 11.6 Å². The minimum absolute atomic E-state index is 0.208. The van der Waals surface area contributed by atoms with Crippen LogP contribution in [-0.4, -0.2) is 72.3 Å². The lowest BCUT2D eigenvalue weighted by Crippen LogP contribution is -2.51. The smallest absolute Gasteiger partial charge is 0.222 e. The van der Waals surface area contributed by atoms with Gasteiger partial charge in [0.05, 0.1) is 0 Å². The summed E-state index contributed by atoms with van der Waals surface area (Å²) in [6, 6.07) is 18.5. The number of aryl methyl sites for hydroxylation is 1. The van der Waals surface area contributed by atoms with Crippen molar-refractivity contribution in [2.24, 2.45) is 5.73 Å². The number of hydrogen-bond donors (Lipinski definition) is 1. The zero-order valence-corrected chi connectivity index (χ0v) is 20.9. The summed E-state index contributed by atoms with van der Waals surface area (Å²) in [5.74, 6) is -0.0528. The monoisotopic (exact) mass is 484 g/mol. The zero-order chi connectivity index (χ0) is 24.3. The molecular formula is C27H37ClN4O2. The van der Waals surface area contributed by atoms with Gasteiger partial charge in [-0.25, -0.2) is 0 Å². The molecule has 2 amide bonds. The Morgan fingerprint density at radius 1 is 0.971 bits per heavy atom. The molecule has 1 aliphatic rings. The number of nitrogens with zero attached hydrogens (tertiary/aromatic N) is 3. The fraction of sp³-hybridized carbons (Fsp3) is 0.481. The minimum Gasteiger partial charge on any atom is -0.370 e. The van der Waals surface area contributed by atoms with Gasteiger partial charge in [0.1, 0.15) is 0 Å². The molecule has 2 aromatic carbocycles. The summed E-state index contributed by atoms with van der Waals surface area (Å²) >= 11 is 5.96. The summed E-state index contributed by atoms with van der Waals surface area (Å²) in [7, 11) is 0. The van der Waals surface area contributed by atoms with Crippen LogP contribution in [0.1, 0.15) is 43.4 Å². The molecule has 2 aromatic rings. The van der Waals surface area contributed by atoms with Gasteiger partial charge in [0.2, 0.25) is 11.8 Å². The van der Waals surface area contributed by atoms with Crippen LogP contribution in [0.5, 0.6) is 0 Å². The van der Waals surface area contributed by atoms with Crippen LogP contribution in [0.4, 0.5) is 0 Å². The fourth-order valence-electron chi connectivity index (χ4n) is 4.57. The van der Waals surface area contributed by atoms with E-state index in [1.54, 1.807) is 0 Å². The molecule has 0 spiro atoms. The van der Waals surface area contributed by atoms with Crippen LogP contribution < -0.4 is 5.73 Å². The summed E-state index contributed by atoms with van der Waals surface area (Å²) in [6.07, 6.45) is 2.64. The van der Waals surface area contributed by atoms with Crippen molar-refractivity contribution in [2.75, 3.05) is 45.8 Å². The molecule has 184 valence electrons. The van der Waals surface area contributed by atoms with Crippen molar-refractivity contribution in [1.82, 2.24) is 14.7 Å². The molecule has 3 rings (SSSR count). The Kier molecular flexibility index (Phi) is 10.4. The summed E-state index contributed by atoms with van der Waals surface area (Å²) < 4.78 is 0. The van der Waals surface area contributed by atoms with Gasteiger partial charge in [-0.2, -0.15) is 0 Å². The number of primary amides is 1. The molecule has 7 heteroatoms. The number of benzene rings is 2. The lowest BCUT2D eigenvalue weighted by Gasteiger charge is -2.41. The summed E-state index contributed by atoms with van der Waals surface area (Å²) in [4.78, 5) is 31.0. The first-order chi connectivity index (χ1) is 16.5. The Hall–Kier alpha value is -2.41. The molecule has 1 saturated heterocycles. The lowest BCUT2D eigenvalue weighted by molar-refractivity contribution is -0.133. The van der Waals surface area contributed by atoms with Crippen LogP contribution in [0.2, 0.25) is 5.02 Å². The van der Waals surface area contributed by atoms with Crippen molar-refractivity contribution >= 4 is 23.4 Å². The van der Waals surface area contributed by atoms with Crippen molar-refractivity contribution in [1.29, 1.82) is 0 Å². The molecule has 0 aromatic heterocycles. The predicted octanol–water partition coefficient (Wildman–Crippen LogP) is 3.75. The SMILES string of the molecule is CCCN(CCC(N)=O)CC(c1ccccc1)N1CCN(C(=O)CCc2ccc(Cl)cc2)CC1. The summed E-state index contributed by atoms with van der Waals surface area (Å²) in [6.45, 7) is 7.74. The van der Waals surface area contributed by atoms with Crippen LogP contribution in [0.25, 0.3) is 0 Å². The van der Waals surface area contributed by atoms with Crippen LogP contribution in [0.3, 0.4) is 0 Å². The first-order valence-corrected chi connectivity index (χ1v) is 12.7. The van der Waals surface area contributed by atoms with Gasteiger partial charge in [-0.05, 0) is 42.6 Å². The second-order valence-electron chi connectivity index (χ2n) is 8.99. The summed E-state index contributed by atoms with van der Waals surface area (Å²) in [5, 5.41) is 0.714. The van der Waals surface area contributed by atoms with Gasteiger partial charge in [0.15, 0.2) is 0 Å². The van der Waals surface area contributed by atoms with Crippen molar-refractivity contribution in [2.45, 2.75) is 38.6 Å². The van der Waals surface area contributed by atoms with E-state index in [0.29, 0.717) is 24.4 Å². The van der Waals surface area contributed by atoms with Crippen molar-refractivity contribution in [3.05, 3.63) is 70.7 Å². The summed E-state index contributed by atoms with van der Waals surface area (Å²) in [5.41, 5.74) is 7.81. The fourth-order valence-corrected chi connectivity index (χ4v) is 4.70. The average Bonchev–Trinajstić information content (AvgIpc) is 2.86. The van der Waals surface area contributed by atoms with E-state index in [2.05, 4.69) is 41.0 Å². The zero-order valence-electron chi connectivity index (χ0n) is 20.2. The first kappa shape index (κ1) is 26.2. The molecule has 6 nitrogen and oxygen atoms in total.